The van der Waals surface area contributed by atoms with Gasteiger partial charge >= 0.3 is 103 Å². The molecule has 0 radical (unpaired) electrons. The number of phenols is 1. The zero-order valence-electron chi connectivity index (χ0n) is 31.3. The largest absolute Gasteiger partial charge is 1.00 e. The van der Waals surface area contributed by atoms with Crippen LogP contribution in [0.3, 0.4) is 0 Å². The van der Waals surface area contributed by atoms with Gasteiger partial charge in [-0.25, -0.2) is 9.69 Å². The van der Waals surface area contributed by atoms with Gasteiger partial charge in [-0.15, -0.1) is 0 Å². The molecule has 0 spiro atoms. The molecule has 0 aliphatic heterocycles. The molecule has 0 amide bonds. The summed E-state index contributed by atoms with van der Waals surface area (Å²) >= 11 is 3.34. The summed E-state index contributed by atoms with van der Waals surface area (Å²) in [6, 6.07) is 30.0. The van der Waals surface area contributed by atoms with Crippen LogP contribution in [0.2, 0.25) is 0 Å². The first kappa shape index (κ1) is 58.7. The van der Waals surface area contributed by atoms with Gasteiger partial charge in [-0.2, -0.15) is 9.90 Å². The summed E-state index contributed by atoms with van der Waals surface area (Å²) in [4.78, 5) is 18.0. The standard InChI is InChI=1S/C19H21NO2.C13H9NO.C6H13BrO.CH2O3.CH4.2K.H3P.H/c1-20-18-10-6-16(7-11-18)17-8-12-19(13-9-17)22-15-5-3-2-4-14-21;1-14-12-6-2-10(3-7-12)11-4-8-13(15)9-5-11;7-5-3-1-2-4-6-8;2-1-4-3;;;;;/h6-13,21H,2-5,14-15H2;2-9,15H;8H,1-6H2;1,3H;1H4;;;1H3;/q;;;;;2*+1;;-1/p-1. The summed E-state index contributed by atoms with van der Waals surface area (Å²) < 4.78 is 5.71. The van der Waals surface area contributed by atoms with E-state index in [1.165, 1.54) is 19.3 Å². The van der Waals surface area contributed by atoms with E-state index in [1.54, 1.807) is 24.3 Å². The number of phenolic OH excluding ortho intramolecular Hbond substituents is 1. The number of ether oxygens (including phenoxy) is 1. The zero-order chi connectivity index (χ0) is 36.0. The van der Waals surface area contributed by atoms with Gasteiger partial charge in [0.05, 0.1) is 19.8 Å². The Morgan fingerprint density at radius 3 is 1.32 bits per heavy atom. The van der Waals surface area contributed by atoms with Crippen molar-refractivity contribution < 1.29 is 139 Å². The van der Waals surface area contributed by atoms with Crippen molar-refractivity contribution in [2.75, 3.05) is 25.2 Å². The summed E-state index contributed by atoms with van der Waals surface area (Å²) in [5, 5.41) is 35.7. The Morgan fingerprint density at radius 1 is 0.642 bits per heavy atom. The van der Waals surface area contributed by atoms with E-state index in [2.05, 4.69) is 30.5 Å². The van der Waals surface area contributed by atoms with E-state index in [-0.39, 0.29) is 140 Å². The fourth-order valence-electron chi connectivity index (χ4n) is 4.17. The third kappa shape index (κ3) is 29.0. The molecule has 0 saturated carbocycles. The normalized spacial score (nSPS) is 8.79. The van der Waals surface area contributed by atoms with Crippen molar-refractivity contribution in [2.45, 2.75) is 58.8 Å². The van der Waals surface area contributed by atoms with Gasteiger partial charge in [0.2, 0.25) is 0 Å². The SMILES string of the molecule is C.O=CO[O-].OCCCCCCBr.P.[C-]#[N+]c1ccc(-c2ccc(O)cc2)cc1.[C-]#[N+]c1ccc(-c2ccc(OCCCCCCO)cc2)cc1.[H-].[K+].[K+]. The van der Waals surface area contributed by atoms with E-state index >= 15 is 0 Å². The van der Waals surface area contributed by atoms with Crippen LogP contribution in [0.1, 0.15) is 60.2 Å². The van der Waals surface area contributed by atoms with Crippen LogP contribution in [0.5, 0.6) is 11.5 Å². The molecule has 0 saturated heterocycles. The number of benzene rings is 4. The summed E-state index contributed by atoms with van der Waals surface area (Å²) in [6.07, 6.45) is 8.65. The van der Waals surface area contributed by atoms with Crippen molar-refractivity contribution in [2.24, 2.45) is 0 Å². The second-order valence-electron chi connectivity index (χ2n) is 10.4. The fraction of sp³-hybridized carbons (Fsp3) is 0.325. The number of aromatic hydroxyl groups is 1. The third-order valence-corrected chi connectivity index (χ3v) is 7.34. The number of carbonyl (C=O) groups is 1. The molecule has 13 heteroatoms. The number of halogens is 1. The van der Waals surface area contributed by atoms with Crippen LogP contribution >= 0.6 is 25.8 Å². The number of hydrogen-bond donors (Lipinski definition) is 3. The molecule has 4 rings (SSSR count). The molecule has 1 unspecified atom stereocenters. The number of alkyl halides is 1. The number of rotatable bonds is 15. The number of unbranched alkanes of at least 4 members (excludes halogenated alkanes) is 6. The van der Waals surface area contributed by atoms with E-state index in [9.17, 15) is 0 Å². The Kier molecular flexibility index (Phi) is 45.0. The van der Waals surface area contributed by atoms with Crippen molar-refractivity contribution >= 4 is 43.7 Å². The first-order valence-electron chi connectivity index (χ1n) is 15.9. The molecule has 9 nitrogen and oxygen atoms in total. The molecule has 53 heavy (non-hydrogen) atoms. The topological polar surface area (TPSA) is 128 Å². The Bertz CT molecular complexity index is 1500. The molecule has 3 N–H and O–H groups in total. The van der Waals surface area contributed by atoms with Crippen LogP contribution in [0, 0.1) is 13.1 Å². The van der Waals surface area contributed by atoms with Gasteiger partial charge in [-0.05, 0) is 78.6 Å². The average Bonchev–Trinajstić information content (AvgIpc) is 3.16. The number of hydrogen-bond acceptors (Lipinski definition) is 7. The predicted octanol–water partition coefficient (Wildman–Crippen LogP) is 3.63. The maximum atomic E-state index is 9.15. The van der Waals surface area contributed by atoms with E-state index in [0.29, 0.717) is 24.6 Å². The van der Waals surface area contributed by atoms with E-state index in [4.69, 9.17) is 43.3 Å². The molecular weight excluding hydrogens is 810 g/mol. The van der Waals surface area contributed by atoms with Crippen LogP contribution in [-0.4, -0.2) is 46.9 Å². The monoisotopic (exact) mass is 860 g/mol. The fourth-order valence-corrected chi connectivity index (χ4v) is 4.57. The molecule has 0 aliphatic carbocycles. The van der Waals surface area contributed by atoms with Crippen molar-refractivity contribution in [3.05, 3.63) is 120 Å². The molecule has 278 valence electrons. The smallest absolute Gasteiger partial charge is 1.00 e. The molecular formula is C40H52BrK2N2O7P. The van der Waals surface area contributed by atoms with Crippen molar-refractivity contribution in [1.82, 2.24) is 0 Å². The van der Waals surface area contributed by atoms with Gasteiger partial charge < -0.3 is 31.6 Å². The number of carbonyl (C=O) groups excluding carboxylic acids is 1. The minimum Gasteiger partial charge on any atom is -1.00 e. The summed E-state index contributed by atoms with van der Waals surface area (Å²) in [6.45, 7) is 15.0. The van der Waals surface area contributed by atoms with Gasteiger partial charge in [0.1, 0.15) is 11.5 Å². The number of nitrogens with zero attached hydrogens (tertiary/aromatic N) is 2. The number of aliphatic hydroxyl groups is 2. The molecule has 1 atom stereocenters. The van der Waals surface area contributed by atoms with E-state index in [1.807, 2.05) is 72.8 Å². The molecule has 0 aliphatic rings. The van der Waals surface area contributed by atoms with Gasteiger partial charge in [-0.1, -0.05) is 115 Å². The summed E-state index contributed by atoms with van der Waals surface area (Å²) in [7, 11) is 0. The molecule has 0 bridgehead atoms. The van der Waals surface area contributed by atoms with Gasteiger partial charge in [0.25, 0.3) is 6.47 Å². The quantitative estimate of drug-likeness (QED) is 0.0244. The Morgan fingerprint density at radius 2 is 0.981 bits per heavy atom. The van der Waals surface area contributed by atoms with E-state index in [0.717, 1.165) is 65.4 Å². The first-order chi connectivity index (χ1) is 24.0. The van der Waals surface area contributed by atoms with E-state index < -0.39 is 0 Å². The zero-order valence-corrected chi connectivity index (χ0v) is 39.5. The van der Waals surface area contributed by atoms with Crippen LogP contribution < -0.4 is 113 Å². The van der Waals surface area contributed by atoms with Crippen LogP contribution in [0.4, 0.5) is 11.4 Å². The second kappa shape index (κ2) is 40.6. The van der Waals surface area contributed by atoms with Gasteiger partial charge in [0.15, 0.2) is 11.4 Å². The predicted molar refractivity (Wildman–Crippen MR) is 214 cm³/mol. The van der Waals surface area contributed by atoms with Crippen molar-refractivity contribution in [3.63, 3.8) is 0 Å². The van der Waals surface area contributed by atoms with Crippen molar-refractivity contribution in [3.8, 4) is 33.8 Å². The summed E-state index contributed by atoms with van der Waals surface area (Å²) in [5.74, 6) is 1.14. The van der Waals surface area contributed by atoms with Crippen molar-refractivity contribution in [1.29, 1.82) is 0 Å². The first-order valence-corrected chi connectivity index (χ1v) is 17.1. The summed E-state index contributed by atoms with van der Waals surface area (Å²) in [5.41, 5.74) is 5.59. The minimum atomic E-state index is -0.181. The molecule has 0 fully saturated rings. The van der Waals surface area contributed by atoms with Crippen LogP contribution in [0.25, 0.3) is 31.9 Å². The van der Waals surface area contributed by atoms with Crippen LogP contribution in [-0.2, 0) is 9.68 Å². The molecule has 0 aromatic heterocycles. The second-order valence-corrected chi connectivity index (χ2v) is 11.2. The Balaban J connectivity index is -0.000000219. The minimum absolute atomic E-state index is 0. The van der Waals surface area contributed by atoms with Crippen LogP contribution in [0.15, 0.2) is 97.1 Å². The van der Waals surface area contributed by atoms with Gasteiger partial charge in [0, 0.05) is 18.5 Å². The molecule has 0 heterocycles. The van der Waals surface area contributed by atoms with Gasteiger partial charge in [-0.3, -0.25) is 4.79 Å². The molecule has 4 aromatic carbocycles. The average molecular weight is 862 g/mol. The molecule has 4 aromatic rings. The third-order valence-electron chi connectivity index (χ3n) is 6.78. The Labute approximate surface area is 414 Å². The maximum Gasteiger partial charge on any atom is 1.00 e. The number of aliphatic hydroxyl groups excluding tert-OH is 2. The maximum absolute atomic E-state index is 9.15. The Hall–Kier alpha value is -1.01.